The average Bonchev–Trinajstić information content (AvgIpc) is 2.40. The zero-order chi connectivity index (χ0) is 14.7. The molecule has 0 aliphatic heterocycles. The maximum atomic E-state index is 11.9. The minimum atomic E-state index is -0.538. The van der Waals surface area contributed by atoms with Crippen LogP contribution in [0.1, 0.15) is 15.9 Å². The molecule has 0 radical (unpaired) electrons. The molecule has 5 nitrogen and oxygen atoms in total. The summed E-state index contributed by atoms with van der Waals surface area (Å²) in [6.07, 6.45) is 0. The Labute approximate surface area is 128 Å². The lowest BCUT2D eigenvalue weighted by molar-refractivity contribution is -0.385. The smallest absolute Gasteiger partial charge is 0.343 e. The van der Waals surface area contributed by atoms with Crippen LogP contribution in [0.3, 0.4) is 0 Å². The number of nitro benzene ring substituents is 1. The van der Waals surface area contributed by atoms with Gasteiger partial charge in [-0.1, -0.05) is 0 Å². The normalized spacial score (nSPS) is 10.1. The van der Waals surface area contributed by atoms with E-state index in [1.54, 1.807) is 19.1 Å². The van der Waals surface area contributed by atoms with E-state index in [0.29, 0.717) is 11.3 Å². The highest BCUT2D eigenvalue weighted by Gasteiger charge is 2.15. The fourth-order valence-corrected chi connectivity index (χ4v) is 2.02. The fraction of sp³-hybridized carbons (Fsp3) is 0.0714. The third-order valence-corrected chi connectivity index (χ3v) is 3.37. The van der Waals surface area contributed by atoms with Gasteiger partial charge in [-0.2, -0.15) is 0 Å². The number of carbonyl (C=O) groups is 1. The van der Waals surface area contributed by atoms with Crippen molar-refractivity contribution in [1.29, 1.82) is 0 Å². The first-order chi connectivity index (χ1) is 9.47. The van der Waals surface area contributed by atoms with Crippen LogP contribution < -0.4 is 4.74 Å². The maximum absolute atomic E-state index is 11.9. The first-order valence-corrected chi connectivity index (χ1v) is 6.78. The summed E-state index contributed by atoms with van der Waals surface area (Å²) < 4.78 is 6.23. The van der Waals surface area contributed by atoms with E-state index in [2.05, 4.69) is 22.6 Å². The number of ether oxygens (including phenoxy) is 1. The molecule has 0 spiro atoms. The van der Waals surface area contributed by atoms with Gasteiger partial charge in [-0.05, 0) is 65.9 Å². The average molecular weight is 383 g/mol. The number of hydrogen-bond donors (Lipinski definition) is 0. The molecule has 0 fully saturated rings. The highest BCUT2D eigenvalue weighted by Crippen LogP contribution is 2.20. The van der Waals surface area contributed by atoms with Crippen molar-refractivity contribution < 1.29 is 14.5 Å². The van der Waals surface area contributed by atoms with E-state index >= 15 is 0 Å². The summed E-state index contributed by atoms with van der Waals surface area (Å²) in [5.41, 5.74) is 0.689. The molecule has 0 aromatic heterocycles. The lowest BCUT2D eigenvalue weighted by Crippen LogP contribution is -2.09. The van der Waals surface area contributed by atoms with Crippen molar-refractivity contribution in [1.82, 2.24) is 0 Å². The molecular formula is C14H10INO4. The number of nitro groups is 1. The summed E-state index contributed by atoms with van der Waals surface area (Å²) in [7, 11) is 0. The van der Waals surface area contributed by atoms with E-state index in [1.165, 1.54) is 18.2 Å². The van der Waals surface area contributed by atoms with Gasteiger partial charge in [-0.15, -0.1) is 0 Å². The number of esters is 1. The summed E-state index contributed by atoms with van der Waals surface area (Å²) >= 11 is 2.15. The SMILES string of the molecule is Cc1cc(C(=O)Oc2ccc(I)cc2)ccc1[N+](=O)[O-]. The number of hydrogen-bond acceptors (Lipinski definition) is 4. The van der Waals surface area contributed by atoms with Crippen molar-refractivity contribution in [3.63, 3.8) is 0 Å². The van der Waals surface area contributed by atoms with E-state index in [-0.39, 0.29) is 11.3 Å². The summed E-state index contributed by atoms with van der Waals surface area (Å²) in [5, 5.41) is 10.7. The largest absolute Gasteiger partial charge is 0.423 e. The van der Waals surface area contributed by atoms with Gasteiger partial charge in [0.1, 0.15) is 5.75 Å². The maximum Gasteiger partial charge on any atom is 0.343 e. The van der Waals surface area contributed by atoms with Crippen molar-refractivity contribution >= 4 is 34.2 Å². The summed E-state index contributed by atoms with van der Waals surface area (Å²) in [6.45, 7) is 1.58. The molecule has 2 aromatic rings. The molecule has 0 heterocycles. The molecule has 0 amide bonds. The summed E-state index contributed by atoms with van der Waals surface area (Å²) in [5.74, 6) is -0.101. The summed E-state index contributed by atoms with van der Waals surface area (Å²) in [4.78, 5) is 22.2. The first-order valence-electron chi connectivity index (χ1n) is 5.70. The number of aryl methyl sites for hydroxylation is 1. The van der Waals surface area contributed by atoms with E-state index in [0.717, 1.165) is 3.57 Å². The molecule has 0 aliphatic rings. The molecule has 0 unspecified atom stereocenters. The lowest BCUT2D eigenvalue weighted by Gasteiger charge is -2.05. The molecule has 0 bridgehead atoms. The molecule has 0 aliphatic carbocycles. The molecule has 20 heavy (non-hydrogen) atoms. The monoisotopic (exact) mass is 383 g/mol. The standard InChI is InChI=1S/C14H10INO4/c1-9-8-10(2-7-13(9)16(18)19)14(17)20-12-5-3-11(15)4-6-12/h2-8H,1H3. The molecule has 2 aromatic carbocycles. The van der Waals surface area contributed by atoms with Crippen LogP contribution in [-0.4, -0.2) is 10.9 Å². The Morgan fingerprint density at radius 1 is 1.20 bits per heavy atom. The van der Waals surface area contributed by atoms with E-state index < -0.39 is 10.9 Å². The molecule has 102 valence electrons. The van der Waals surface area contributed by atoms with E-state index in [1.807, 2.05) is 12.1 Å². The van der Waals surface area contributed by atoms with Gasteiger partial charge in [-0.3, -0.25) is 10.1 Å². The first kappa shape index (κ1) is 14.4. The second-order valence-electron chi connectivity index (χ2n) is 4.10. The molecule has 0 N–H and O–H groups in total. The number of nitrogens with zero attached hydrogens (tertiary/aromatic N) is 1. The third-order valence-electron chi connectivity index (χ3n) is 2.65. The minimum absolute atomic E-state index is 0.0178. The molecule has 0 saturated heterocycles. The van der Waals surface area contributed by atoms with Crippen molar-refractivity contribution in [2.45, 2.75) is 6.92 Å². The topological polar surface area (TPSA) is 69.4 Å². The predicted octanol–water partition coefficient (Wildman–Crippen LogP) is 3.73. The van der Waals surface area contributed by atoms with E-state index in [4.69, 9.17) is 4.74 Å². The Morgan fingerprint density at radius 2 is 1.85 bits per heavy atom. The highest BCUT2D eigenvalue weighted by atomic mass is 127. The van der Waals surface area contributed by atoms with Gasteiger partial charge in [0, 0.05) is 15.2 Å². The quantitative estimate of drug-likeness (QED) is 0.266. The zero-order valence-corrected chi connectivity index (χ0v) is 12.7. The molecule has 6 heteroatoms. The number of carbonyl (C=O) groups excluding carboxylic acids is 1. The van der Waals surface area contributed by atoms with Crippen LogP contribution in [0.25, 0.3) is 0 Å². The molecule has 0 atom stereocenters. The van der Waals surface area contributed by atoms with Crippen molar-refractivity contribution in [3.05, 3.63) is 67.3 Å². The van der Waals surface area contributed by atoms with Gasteiger partial charge in [0.2, 0.25) is 0 Å². The van der Waals surface area contributed by atoms with Gasteiger partial charge in [0.15, 0.2) is 0 Å². The second kappa shape index (κ2) is 6.00. The Hall–Kier alpha value is -1.96. The van der Waals surface area contributed by atoms with Crippen LogP contribution in [0.4, 0.5) is 5.69 Å². The molecular weight excluding hydrogens is 373 g/mol. The van der Waals surface area contributed by atoms with Gasteiger partial charge in [0.25, 0.3) is 5.69 Å². The molecule has 2 rings (SSSR count). The lowest BCUT2D eigenvalue weighted by atomic mass is 10.1. The van der Waals surface area contributed by atoms with Crippen LogP contribution in [-0.2, 0) is 0 Å². The molecule has 0 saturated carbocycles. The summed E-state index contributed by atoms with van der Waals surface area (Å²) in [6, 6.07) is 11.2. The van der Waals surface area contributed by atoms with Crippen molar-refractivity contribution in [3.8, 4) is 5.75 Å². The number of halogens is 1. The van der Waals surface area contributed by atoms with Crippen LogP contribution >= 0.6 is 22.6 Å². The minimum Gasteiger partial charge on any atom is -0.423 e. The Bertz CT molecular complexity index is 667. The van der Waals surface area contributed by atoms with Crippen molar-refractivity contribution in [2.24, 2.45) is 0 Å². The predicted molar refractivity (Wildman–Crippen MR) is 82.0 cm³/mol. The zero-order valence-electron chi connectivity index (χ0n) is 10.5. The third kappa shape index (κ3) is 3.32. The Kier molecular flexibility index (Phi) is 4.33. The number of benzene rings is 2. The highest BCUT2D eigenvalue weighted by molar-refractivity contribution is 14.1. The van der Waals surface area contributed by atoms with Gasteiger partial charge >= 0.3 is 5.97 Å². The Balaban J connectivity index is 2.19. The van der Waals surface area contributed by atoms with Crippen LogP contribution in [0.2, 0.25) is 0 Å². The van der Waals surface area contributed by atoms with E-state index in [9.17, 15) is 14.9 Å². The second-order valence-corrected chi connectivity index (χ2v) is 5.35. The van der Waals surface area contributed by atoms with Crippen LogP contribution in [0, 0.1) is 20.6 Å². The van der Waals surface area contributed by atoms with Gasteiger partial charge in [-0.25, -0.2) is 4.79 Å². The van der Waals surface area contributed by atoms with Gasteiger partial charge in [0.05, 0.1) is 10.5 Å². The van der Waals surface area contributed by atoms with Crippen LogP contribution in [0.5, 0.6) is 5.75 Å². The van der Waals surface area contributed by atoms with Gasteiger partial charge < -0.3 is 4.74 Å². The van der Waals surface area contributed by atoms with Crippen molar-refractivity contribution in [2.75, 3.05) is 0 Å². The Morgan fingerprint density at radius 3 is 2.40 bits per heavy atom. The van der Waals surface area contributed by atoms with Crippen LogP contribution in [0.15, 0.2) is 42.5 Å². The fourth-order valence-electron chi connectivity index (χ4n) is 1.66. The number of rotatable bonds is 3.